The lowest BCUT2D eigenvalue weighted by Crippen LogP contribution is -1.97. The molecule has 0 saturated carbocycles. The van der Waals surface area contributed by atoms with Gasteiger partial charge in [-0.25, -0.2) is 4.39 Å². The van der Waals surface area contributed by atoms with Gasteiger partial charge in [-0.1, -0.05) is 35.3 Å². The SMILES string of the molecule is Cc1cc(Cl)c(C(Cl)c2ccc(Cl)c(F)c2)cc1C. The highest BCUT2D eigenvalue weighted by molar-refractivity contribution is 6.33. The molecule has 0 amide bonds. The summed E-state index contributed by atoms with van der Waals surface area (Å²) < 4.78 is 13.5. The molecule has 0 saturated heterocycles. The molecule has 0 fully saturated rings. The van der Waals surface area contributed by atoms with Crippen molar-refractivity contribution in [3.63, 3.8) is 0 Å². The van der Waals surface area contributed by atoms with E-state index in [1.165, 1.54) is 12.1 Å². The van der Waals surface area contributed by atoms with Crippen LogP contribution in [0, 0.1) is 19.7 Å². The largest absolute Gasteiger partial charge is 0.205 e. The second-order valence-electron chi connectivity index (χ2n) is 4.49. The van der Waals surface area contributed by atoms with Crippen molar-refractivity contribution < 1.29 is 4.39 Å². The van der Waals surface area contributed by atoms with Crippen LogP contribution in [0.15, 0.2) is 30.3 Å². The first-order chi connectivity index (χ1) is 8.90. The minimum absolute atomic E-state index is 0.0822. The molecule has 2 rings (SSSR count). The van der Waals surface area contributed by atoms with Crippen molar-refractivity contribution in [3.05, 3.63) is 68.4 Å². The van der Waals surface area contributed by atoms with E-state index in [2.05, 4.69) is 0 Å². The lowest BCUT2D eigenvalue weighted by Gasteiger charge is -2.15. The Kier molecular flexibility index (Phi) is 4.39. The van der Waals surface area contributed by atoms with E-state index in [0.717, 1.165) is 16.7 Å². The molecule has 2 aromatic carbocycles. The van der Waals surface area contributed by atoms with Gasteiger partial charge in [-0.15, -0.1) is 11.6 Å². The monoisotopic (exact) mass is 316 g/mol. The number of hydrogen-bond donors (Lipinski definition) is 0. The number of halogens is 4. The first-order valence-electron chi connectivity index (χ1n) is 5.76. The summed E-state index contributed by atoms with van der Waals surface area (Å²) in [7, 11) is 0. The predicted octanol–water partition coefficient (Wildman–Crippen LogP) is 6.08. The van der Waals surface area contributed by atoms with E-state index in [1.807, 2.05) is 26.0 Å². The summed E-state index contributed by atoms with van der Waals surface area (Å²) >= 11 is 18.3. The van der Waals surface area contributed by atoms with Crippen molar-refractivity contribution in [2.75, 3.05) is 0 Å². The van der Waals surface area contributed by atoms with Crippen LogP contribution < -0.4 is 0 Å². The molecule has 100 valence electrons. The van der Waals surface area contributed by atoms with Crippen LogP contribution in [0.1, 0.15) is 27.6 Å². The lowest BCUT2D eigenvalue weighted by atomic mass is 10.00. The zero-order chi connectivity index (χ0) is 14.2. The van der Waals surface area contributed by atoms with E-state index in [4.69, 9.17) is 34.8 Å². The molecule has 0 aliphatic heterocycles. The second kappa shape index (κ2) is 5.70. The maximum atomic E-state index is 13.5. The Morgan fingerprint density at radius 2 is 1.58 bits per heavy atom. The van der Waals surface area contributed by atoms with E-state index < -0.39 is 11.2 Å². The highest BCUT2D eigenvalue weighted by atomic mass is 35.5. The minimum Gasteiger partial charge on any atom is -0.205 e. The molecule has 1 unspecified atom stereocenters. The fraction of sp³-hybridized carbons (Fsp3) is 0.200. The van der Waals surface area contributed by atoms with Crippen LogP contribution in [-0.2, 0) is 0 Å². The molecular formula is C15H12Cl3F. The van der Waals surface area contributed by atoms with Gasteiger partial charge < -0.3 is 0 Å². The van der Waals surface area contributed by atoms with Gasteiger partial charge in [0.1, 0.15) is 5.82 Å². The Morgan fingerprint density at radius 1 is 0.947 bits per heavy atom. The quantitative estimate of drug-likeness (QED) is 0.589. The third kappa shape index (κ3) is 3.05. The number of benzene rings is 2. The maximum Gasteiger partial charge on any atom is 0.142 e. The molecule has 0 N–H and O–H groups in total. The highest BCUT2D eigenvalue weighted by Crippen LogP contribution is 2.36. The standard InChI is InChI=1S/C15H12Cl3F/c1-8-5-11(13(17)6-9(8)2)15(18)10-3-4-12(16)14(19)7-10/h3-7,15H,1-2H3. The van der Waals surface area contributed by atoms with Gasteiger partial charge in [-0.3, -0.25) is 0 Å². The normalized spacial score (nSPS) is 12.5. The van der Waals surface area contributed by atoms with E-state index in [1.54, 1.807) is 6.07 Å². The molecule has 0 nitrogen and oxygen atoms in total. The molecule has 0 bridgehead atoms. The summed E-state index contributed by atoms with van der Waals surface area (Å²) in [5.41, 5.74) is 3.60. The van der Waals surface area contributed by atoms with Crippen LogP contribution in [0.25, 0.3) is 0 Å². The lowest BCUT2D eigenvalue weighted by molar-refractivity contribution is 0.626. The fourth-order valence-corrected chi connectivity index (χ4v) is 2.66. The highest BCUT2D eigenvalue weighted by Gasteiger charge is 2.16. The molecule has 0 spiro atoms. The van der Waals surface area contributed by atoms with Crippen molar-refractivity contribution in [2.45, 2.75) is 19.2 Å². The Balaban J connectivity index is 2.46. The van der Waals surface area contributed by atoms with E-state index in [-0.39, 0.29) is 5.02 Å². The van der Waals surface area contributed by atoms with Gasteiger partial charge in [0.15, 0.2) is 0 Å². The van der Waals surface area contributed by atoms with Crippen molar-refractivity contribution in [3.8, 4) is 0 Å². The zero-order valence-electron chi connectivity index (χ0n) is 10.5. The van der Waals surface area contributed by atoms with Gasteiger partial charge >= 0.3 is 0 Å². The molecule has 0 aliphatic carbocycles. The van der Waals surface area contributed by atoms with Crippen molar-refractivity contribution in [1.29, 1.82) is 0 Å². The Morgan fingerprint density at radius 3 is 2.21 bits per heavy atom. The topological polar surface area (TPSA) is 0 Å². The Hall–Kier alpha value is -0.760. The van der Waals surface area contributed by atoms with Crippen LogP contribution in [0.5, 0.6) is 0 Å². The van der Waals surface area contributed by atoms with Gasteiger partial charge in [0, 0.05) is 5.02 Å². The van der Waals surface area contributed by atoms with Crippen LogP contribution in [0.3, 0.4) is 0 Å². The Bertz CT molecular complexity index is 623. The molecule has 19 heavy (non-hydrogen) atoms. The maximum absolute atomic E-state index is 13.5. The van der Waals surface area contributed by atoms with Gasteiger partial charge in [0.05, 0.1) is 10.4 Å². The van der Waals surface area contributed by atoms with Crippen molar-refractivity contribution >= 4 is 34.8 Å². The smallest absolute Gasteiger partial charge is 0.142 e. The van der Waals surface area contributed by atoms with E-state index in [0.29, 0.717) is 10.6 Å². The number of aryl methyl sites for hydroxylation is 2. The zero-order valence-corrected chi connectivity index (χ0v) is 12.7. The Labute approximate surface area is 127 Å². The van der Waals surface area contributed by atoms with Crippen LogP contribution in [-0.4, -0.2) is 0 Å². The van der Waals surface area contributed by atoms with E-state index >= 15 is 0 Å². The number of alkyl halides is 1. The summed E-state index contributed by atoms with van der Waals surface area (Å²) in [6.45, 7) is 3.97. The molecule has 0 radical (unpaired) electrons. The summed E-state index contributed by atoms with van der Waals surface area (Å²) in [5, 5.41) is 0.163. The minimum atomic E-state index is -0.501. The van der Waals surface area contributed by atoms with Crippen LogP contribution in [0.2, 0.25) is 10.0 Å². The summed E-state index contributed by atoms with van der Waals surface area (Å²) in [5.74, 6) is -0.482. The molecule has 0 aromatic heterocycles. The van der Waals surface area contributed by atoms with Gasteiger partial charge in [-0.05, 0) is 54.3 Å². The average Bonchev–Trinajstić information content (AvgIpc) is 2.36. The van der Waals surface area contributed by atoms with Crippen molar-refractivity contribution in [2.24, 2.45) is 0 Å². The molecule has 2 aromatic rings. The second-order valence-corrected chi connectivity index (χ2v) is 5.74. The molecule has 0 heterocycles. The number of hydrogen-bond acceptors (Lipinski definition) is 0. The molecular weight excluding hydrogens is 306 g/mol. The molecule has 4 heteroatoms. The van der Waals surface area contributed by atoms with Crippen LogP contribution in [0.4, 0.5) is 4.39 Å². The summed E-state index contributed by atoms with van der Waals surface area (Å²) in [6.07, 6.45) is 0. The number of rotatable bonds is 2. The van der Waals surface area contributed by atoms with Gasteiger partial charge in [-0.2, -0.15) is 0 Å². The third-order valence-electron chi connectivity index (χ3n) is 3.12. The predicted molar refractivity (Wildman–Crippen MR) is 80.0 cm³/mol. The van der Waals surface area contributed by atoms with Crippen molar-refractivity contribution in [1.82, 2.24) is 0 Å². The van der Waals surface area contributed by atoms with E-state index in [9.17, 15) is 4.39 Å². The first-order valence-corrected chi connectivity index (χ1v) is 6.95. The average molecular weight is 318 g/mol. The third-order valence-corrected chi connectivity index (χ3v) is 4.24. The summed E-state index contributed by atoms with van der Waals surface area (Å²) in [6, 6.07) is 8.34. The molecule has 1 atom stereocenters. The molecule has 0 aliphatic rings. The van der Waals surface area contributed by atoms with Crippen LogP contribution >= 0.6 is 34.8 Å². The first kappa shape index (κ1) is 14.6. The van der Waals surface area contributed by atoms with Gasteiger partial charge in [0.25, 0.3) is 0 Å². The summed E-state index contributed by atoms with van der Waals surface area (Å²) in [4.78, 5) is 0. The van der Waals surface area contributed by atoms with Gasteiger partial charge in [0.2, 0.25) is 0 Å². The fourth-order valence-electron chi connectivity index (χ4n) is 1.85.